The lowest BCUT2D eigenvalue weighted by atomic mass is 9.85. The topological polar surface area (TPSA) is 26.3 Å². The molecule has 0 atom stereocenters. The van der Waals surface area contributed by atoms with Gasteiger partial charge in [0.25, 0.3) is 0 Å². The second-order valence-electron chi connectivity index (χ2n) is 4.85. The summed E-state index contributed by atoms with van der Waals surface area (Å²) in [6.45, 7) is 0. The Hall–Kier alpha value is -1.32. The Balaban J connectivity index is 1.91. The number of hydrogen-bond acceptors (Lipinski definition) is 2. The molecule has 0 saturated heterocycles. The van der Waals surface area contributed by atoms with Gasteiger partial charge in [-0.1, -0.05) is 23.7 Å². The zero-order chi connectivity index (χ0) is 14.3. The van der Waals surface area contributed by atoms with Crippen molar-refractivity contribution in [2.24, 2.45) is 0 Å². The van der Waals surface area contributed by atoms with E-state index in [4.69, 9.17) is 16.3 Å². The zero-order valence-electron chi connectivity index (χ0n) is 10.9. The summed E-state index contributed by atoms with van der Waals surface area (Å²) in [5.41, 5.74) is 4.09. The van der Waals surface area contributed by atoms with Gasteiger partial charge in [0.05, 0.1) is 11.6 Å². The van der Waals surface area contributed by atoms with Crippen LogP contribution in [0.15, 0.2) is 34.8 Å². The van der Waals surface area contributed by atoms with Gasteiger partial charge in [-0.3, -0.25) is 4.79 Å². The smallest absolute Gasteiger partial charge is 0.167 e. The van der Waals surface area contributed by atoms with Crippen molar-refractivity contribution in [1.82, 2.24) is 0 Å². The molecule has 0 aromatic heterocycles. The van der Waals surface area contributed by atoms with Crippen LogP contribution in [0.2, 0.25) is 5.02 Å². The van der Waals surface area contributed by atoms with Crippen LogP contribution >= 0.6 is 27.5 Å². The predicted octanol–water partition coefficient (Wildman–Crippen LogP) is 4.44. The molecule has 1 aliphatic carbocycles. The Morgan fingerprint density at radius 3 is 2.80 bits per heavy atom. The Kier molecular flexibility index (Phi) is 3.57. The number of rotatable bonds is 3. The Morgan fingerprint density at radius 2 is 2.10 bits per heavy atom. The van der Waals surface area contributed by atoms with Crippen LogP contribution < -0.4 is 4.74 Å². The number of carbonyl (C=O) groups excluding carboxylic acids is 1. The molecular formula is C16H12BrClO2. The van der Waals surface area contributed by atoms with Gasteiger partial charge in [-0.15, -0.1) is 0 Å². The Labute approximate surface area is 130 Å². The molecule has 0 aliphatic heterocycles. The summed E-state index contributed by atoms with van der Waals surface area (Å²) in [7, 11) is 1.61. The molecule has 0 heterocycles. The lowest BCUT2D eigenvalue weighted by Gasteiger charge is -2.18. The third kappa shape index (κ3) is 2.36. The van der Waals surface area contributed by atoms with Crippen molar-refractivity contribution in [2.45, 2.75) is 12.8 Å². The molecule has 3 rings (SSSR count). The fraction of sp³-hybridized carbons (Fsp3) is 0.188. The summed E-state index contributed by atoms with van der Waals surface area (Å²) in [5, 5.41) is 0.666. The van der Waals surface area contributed by atoms with Crippen molar-refractivity contribution >= 4 is 33.3 Å². The average Bonchev–Trinajstić information content (AvgIpc) is 2.43. The number of halogens is 2. The maximum Gasteiger partial charge on any atom is 0.167 e. The van der Waals surface area contributed by atoms with Gasteiger partial charge < -0.3 is 4.74 Å². The number of carbonyl (C=O) groups is 1. The highest BCUT2D eigenvalue weighted by atomic mass is 79.9. The van der Waals surface area contributed by atoms with Crippen LogP contribution in [0, 0.1) is 0 Å². The number of methoxy groups -OCH3 is 1. The summed E-state index contributed by atoms with van der Waals surface area (Å²) in [6.07, 6.45) is 1.27. The summed E-state index contributed by atoms with van der Waals surface area (Å²) < 4.78 is 6.09. The molecular weight excluding hydrogens is 340 g/mol. The average molecular weight is 352 g/mol. The summed E-state index contributed by atoms with van der Waals surface area (Å²) >= 11 is 9.74. The molecule has 2 aromatic carbocycles. The molecule has 0 fully saturated rings. The molecule has 0 spiro atoms. The normalized spacial score (nSPS) is 12.8. The summed E-state index contributed by atoms with van der Waals surface area (Å²) in [6, 6.07) is 9.81. The van der Waals surface area contributed by atoms with Crippen molar-refractivity contribution in [3.05, 3.63) is 62.1 Å². The highest BCUT2D eigenvalue weighted by Gasteiger charge is 2.23. The van der Waals surface area contributed by atoms with Gasteiger partial charge in [-0.25, -0.2) is 0 Å². The summed E-state index contributed by atoms with van der Waals surface area (Å²) in [5.74, 6) is 0.940. The number of ether oxygens (including phenoxy) is 1. The van der Waals surface area contributed by atoms with Crippen molar-refractivity contribution in [3.8, 4) is 5.75 Å². The quantitative estimate of drug-likeness (QED) is 0.817. The van der Waals surface area contributed by atoms with Crippen molar-refractivity contribution in [2.75, 3.05) is 7.11 Å². The first-order chi connectivity index (χ1) is 9.58. The minimum absolute atomic E-state index is 0.226. The monoisotopic (exact) mass is 350 g/mol. The molecule has 2 nitrogen and oxygen atoms in total. The molecule has 0 N–H and O–H groups in total. The van der Waals surface area contributed by atoms with E-state index in [1.807, 2.05) is 18.2 Å². The number of hydrogen-bond donors (Lipinski definition) is 0. The zero-order valence-corrected chi connectivity index (χ0v) is 13.2. The molecule has 0 unspecified atom stereocenters. The second kappa shape index (κ2) is 5.23. The molecule has 20 heavy (non-hydrogen) atoms. The van der Waals surface area contributed by atoms with Crippen molar-refractivity contribution < 1.29 is 9.53 Å². The standard InChI is InChI=1S/C16H12BrClO2/c1-20-16-8-14(18)11(6-13(16)17)4-9-2-3-10-7-15(19)12(10)5-9/h2-3,5-6,8H,4,7H2,1H3. The van der Waals surface area contributed by atoms with Crippen LogP contribution in [0.5, 0.6) is 5.75 Å². The molecule has 0 bridgehead atoms. The van der Waals surface area contributed by atoms with Gasteiger partial charge in [0.2, 0.25) is 0 Å². The maximum absolute atomic E-state index is 11.5. The van der Waals surface area contributed by atoms with Gasteiger partial charge in [-0.05, 0) is 51.2 Å². The van der Waals surface area contributed by atoms with Gasteiger partial charge >= 0.3 is 0 Å². The molecule has 4 heteroatoms. The van der Waals surface area contributed by atoms with E-state index < -0.39 is 0 Å². The van der Waals surface area contributed by atoms with Gasteiger partial charge in [-0.2, -0.15) is 0 Å². The SMILES string of the molecule is COc1cc(Cl)c(Cc2ccc3c(c2)C(=O)C3)cc1Br. The molecule has 2 aromatic rings. The van der Waals surface area contributed by atoms with Crippen LogP contribution in [-0.4, -0.2) is 12.9 Å². The predicted molar refractivity (Wildman–Crippen MR) is 83.0 cm³/mol. The van der Waals surface area contributed by atoms with Crippen LogP contribution in [-0.2, 0) is 12.8 Å². The first kappa shape index (κ1) is 13.7. The van der Waals surface area contributed by atoms with Crippen LogP contribution in [0.3, 0.4) is 0 Å². The Morgan fingerprint density at radius 1 is 1.30 bits per heavy atom. The molecule has 102 valence electrons. The lowest BCUT2D eigenvalue weighted by Crippen LogP contribution is -2.18. The number of ketones is 1. The number of Topliss-reactive ketones (excluding diaryl/α,β-unsaturated/α-hetero) is 1. The van der Waals surface area contributed by atoms with E-state index in [9.17, 15) is 4.79 Å². The van der Waals surface area contributed by atoms with E-state index in [-0.39, 0.29) is 5.78 Å². The van der Waals surface area contributed by atoms with Crippen LogP contribution in [0.1, 0.15) is 27.0 Å². The Bertz CT molecular complexity index is 710. The van der Waals surface area contributed by atoms with E-state index in [0.29, 0.717) is 23.6 Å². The van der Waals surface area contributed by atoms with E-state index in [0.717, 1.165) is 26.7 Å². The summed E-state index contributed by atoms with van der Waals surface area (Å²) in [4.78, 5) is 11.5. The van der Waals surface area contributed by atoms with E-state index in [1.165, 1.54) is 0 Å². The third-order valence-corrected chi connectivity index (χ3v) is 4.51. The first-order valence-electron chi connectivity index (χ1n) is 6.25. The largest absolute Gasteiger partial charge is 0.496 e. The molecule has 0 amide bonds. The van der Waals surface area contributed by atoms with E-state index >= 15 is 0 Å². The number of benzene rings is 2. The minimum atomic E-state index is 0.226. The maximum atomic E-state index is 11.5. The minimum Gasteiger partial charge on any atom is -0.496 e. The van der Waals surface area contributed by atoms with Gasteiger partial charge in [0, 0.05) is 23.1 Å². The molecule has 1 aliphatic rings. The van der Waals surface area contributed by atoms with E-state index in [2.05, 4.69) is 22.0 Å². The van der Waals surface area contributed by atoms with Crippen molar-refractivity contribution in [1.29, 1.82) is 0 Å². The van der Waals surface area contributed by atoms with Gasteiger partial charge in [0.1, 0.15) is 5.75 Å². The third-order valence-electron chi connectivity index (χ3n) is 3.54. The van der Waals surface area contributed by atoms with Crippen LogP contribution in [0.25, 0.3) is 0 Å². The fourth-order valence-electron chi connectivity index (χ4n) is 2.39. The molecule has 0 radical (unpaired) electrons. The second-order valence-corrected chi connectivity index (χ2v) is 6.11. The van der Waals surface area contributed by atoms with E-state index in [1.54, 1.807) is 13.2 Å². The lowest BCUT2D eigenvalue weighted by molar-refractivity contribution is 0.0968. The highest BCUT2D eigenvalue weighted by molar-refractivity contribution is 9.10. The van der Waals surface area contributed by atoms with Gasteiger partial charge in [0.15, 0.2) is 5.78 Å². The number of fused-ring (bicyclic) bond motifs is 1. The van der Waals surface area contributed by atoms with Crippen LogP contribution in [0.4, 0.5) is 0 Å². The first-order valence-corrected chi connectivity index (χ1v) is 7.42. The molecule has 0 saturated carbocycles. The van der Waals surface area contributed by atoms with Crippen molar-refractivity contribution in [3.63, 3.8) is 0 Å². The highest BCUT2D eigenvalue weighted by Crippen LogP contribution is 2.33. The fourth-order valence-corrected chi connectivity index (χ4v) is 3.16.